The van der Waals surface area contributed by atoms with Gasteiger partial charge in [-0.05, 0) is 17.7 Å². The lowest BCUT2D eigenvalue weighted by atomic mass is 9.84. The molecule has 1 aromatic carbocycles. The molecule has 0 saturated carbocycles. The van der Waals surface area contributed by atoms with E-state index in [0.29, 0.717) is 28.6 Å². The highest BCUT2D eigenvalue weighted by Crippen LogP contribution is 2.47. The Kier molecular flexibility index (Phi) is 5.06. The van der Waals surface area contributed by atoms with Gasteiger partial charge < -0.3 is 24.7 Å². The van der Waals surface area contributed by atoms with Crippen molar-refractivity contribution in [2.24, 2.45) is 5.73 Å². The lowest BCUT2D eigenvalue weighted by molar-refractivity contribution is 0.180. The maximum atomic E-state index is 9.69. The molecule has 0 radical (unpaired) electrons. The highest BCUT2D eigenvalue weighted by molar-refractivity contribution is 9.10. The van der Waals surface area contributed by atoms with Gasteiger partial charge in [-0.15, -0.1) is 5.10 Å². The fourth-order valence-corrected chi connectivity index (χ4v) is 3.52. The van der Waals surface area contributed by atoms with Gasteiger partial charge in [0.25, 0.3) is 0 Å². The third-order valence-corrected chi connectivity index (χ3v) is 4.81. The minimum absolute atomic E-state index is 0.0159. The molecule has 0 saturated heterocycles. The van der Waals surface area contributed by atoms with Crippen molar-refractivity contribution < 1.29 is 18.9 Å². The molecule has 0 spiro atoms. The van der Waals surface area contributed by atoms with Gasteiger partial charge in [0.15, 0.2) is 11.5 Å². The summed E-state index contributed by atoms with van der Waals surface area (Å²) in [6, 6.07) is 5.73. The molecule has 0 bridgehead atoms. The molecule has 1 unspecified atom stereocenters. The number of nitrogens with zero attached hydrogens (tertiary/aromatic N) is 2. The fraction of sp³-hybridized carbons (Fsp3) is 0.294. The maximum absolute atomic E-state index is 9.69. The summed E-state index contributed by atoms with van der Waals surface area (Å²) >= 11 is 3.56. The smallest absolute Gasteiger partial charge is 0.244 e. The molecular weight excluding hydrogens is 404 g/mol. The molecular formula is C17H17BrN4O4. The number of aromatic amines is 1. The average molecular weight is 421 g/mol. The number of nitrogens with two attached hydrogens (primary N) is 1. The molecule has 3 rings (SSSR count). The first-order valence-corrected chi connectivity index (χ1v) is 8.40. The molecule has 0 amide bonds. The van der Waals surface area contributed by atoms with Crippen LogP contribution in [0.5, 0.6) is 17.4 Å². The fourth-order valence-electron chi connectivity index (χ4n) is 2.97. The van der Waals surface area contributed by atoms with E-state index in [0.717, 1.165) is 10.0 Å². The summed E-state index contributed by atoms with van der Waals surface area (Å²) < 4.78 is 22.2. The lowest BCUT2D eigenvalue weighted by Crippen LogP contribution is -2.21. The summed E-state index contributed by atoms with van der Waals surface area (Å²) in [5.74, 6) is 0.936. The van der Waals surface area contributed by atoms with Gasteiger partial charge in [0.2, 0.25) is 11.8 Å². The summed E-state index contributed by atoms with van der Waals surface area (Å²) in [5, 5.41) is 16.7. The van der Waals surface area contributed by atoms with Gasteiger partial charge in [-0.1, -0.05) is 15.9 Å². The van der Waals surface area contributed by atoms with Gasteiger partial charge in [-0.2, -0.15) is 5.26 Å². The SMILES string of the molecule is COCc1[nH]nc2c1C(c1cc(OC)c(OC)cc1Br)C(C#N)=C(N)O2. The molecule has 1 atom stereocenters. The van der Waals surface area contributed by atoms with Gasteiger partial charge in [-0.25, -0.2) is 0 Å². The Morgan fingerprint density at radius 1 is 1.31 bits per heavy atom. The second-order valence-corrected chi connectivity index (χ2v) is 6.36. The van der Waals surface area contributed by atoms with Crippen LogP contribution in [0.25, 0.3) is 0 Å². The molecule has 0 fully saturated rings. The first kappa shape index (κ1) is 18.1. The number of halogens is 1. The number of methoxy groups -OCH3 is 3. The Labute approximate surface area is 158 Å². The van der Waals surface area contributed by atoms with Crippen LogP contribution in [0, 0.1) is 11.3 Å². The number of nitrogens with one attached hydrogen (secondary N) is 1. The minimum Gasteiger partial charge on any atom is -0.493 e. The van der Waals surface area contributed by atoms with E-state index in [1.807, 2.05) is 0 Å². The molecule has 0 aliphatic carbocycles. The molecule has 1 aliphatic heterocycles. The predicted molar refractivity (Wildman–Crippen MR) is 95.8 cm³/mol. The number of aromatic nitrogens is 2. The van der Waals surface area contributed by atoms with E-state index >= 15 is 0 Å². The van der Waals surface area contributed by atoms with Crippen molar-refractivity contribution in [3.8, 4) is 23.4 Å². The largest absolute Gasteiger partial charge is 0.493 e. The molecule has 1 aliphatic rings. The number of benzene rings is 1. The standard InChI is InChI=1S/C17H17BrN4O4/c1-23-7-11-15-14(9(6-19)16(20)26-17(15)22-21-11)8-4-12(24-2)13(25-3)5-10(8)18/h4-5,14H,7,20H2,1-3H3,(H,21,22). The van der Waals surface area contributed by atoms with E-state index in [-0.39, 0.29) is 18.1 Å². The monoisotopic (exact) mass is 420 g/mol. The van der Waals surface area contributed by atoms with Gasteiger partial charge in [0.05, 0.1) is 38.0 Å². The zero-order valence-corrected chi connectivity index (χ0v) is 16.0. The molecule has 2 heterocycles. The topological polar surface area (TPSA) is 115 Å². The molecule has 136 valence electrons. The average Bonchev–Trinajstić information content (AvgIpc) is 3.03. The van der Waals surface area contributed by atoms with Crippen molar-refractivity contribution in [2.45, 2.75) is 12.5 Å². The first-order chi connectivity index (χ1) is 12.5. The summed E-state index contributed by atoms with van der Waals surface area (Å²) in [6.07, 6.45) is 0. The van der Waals surface area contributed by atoms with Crippen molar-refractivity contribution in [3.05, 3.63) is 44.9 Å². The van der Waals surface area contributed by atoms with Crippen molar-refractivity contribution >= 4 is 15.9 Å². The van der Waals surface area contributed by atoms with Crippen LogP contribution >= 0.6 is 15.9 Å². The second-order valence-electron chi connectivity index (χ2n) is 5.51. The lowest BCUT2D eigenvalue weighted by Gasteiger charge is -2.25. The van der Waals surface area contributed by atoms with Gasteiger partial charge >= 0.3 is 0 Å². The van der Waals surface area contributed by atoms with Gasteiger partial charge in [0, 0.05) is 11.6 Å². The van der Waals surface area contributed by atoms with Crippen LogP contribution in [-0.4, -0.2) is 31.5 Å². The normalized spacial score (nSPS) is 15.9. The molecule has 26 heavy (non-hydrogen) atoms. The van der Waals surface area contributed by atoms with E-state index in [1.54, 1.807) is 33.5 Å². The van der Waals surface area contributed by atoms with Crippen molar-refractivity contribution in [3.63, 3.8) is 0 Å². The summed E-state index contributed by atoms with van der Waals surface area (Å²) in [7, 11) is 4.68. The van der Waals surface area contributed by atoms with Crippen LogP contribution in [0.15, 0.2) is 28.1 Å². The molecule has 9 heteroatoms. The number of ether oxygens (including phenoxy) is 4. The van der Waals surface area contributed by atoms with Gasteiger partial charge in [-0.3, -0.25) is 5.10 Å². The summed E-state index contributed by atoms with van der Waals surface area (Å²) in [4.78, 5) is 0. The molecule has 2 aromatic rings. The minimum atomic E-state index is -0.498. The van der Waals surface area contributed by atoms with Crippen LogP contribution in [-0.2, 0) is 11.3 Å². The van der Waals surface area contributed by atoms with Crippen molar-refractivity contribution in [1.29, 1.82) is 5.26 Å². The van der Waals surface area contributed by atoms with Crippen LogP contribution in [0.3, 0.4) is 0 Å². The van der Waals surface area contributed by atoms with Crippen LogP contribution < -0.4 is 19.9 Å². The summed E-state index contributed by atoms with van der Waals surface area (Å²) in [5.41, 5.74) is 8.42. The van der Waals surface area contributed by atoms with Crippen molar-refractivity contribution in [2.75, 3.05) is 21.3 Å². The second kappa shape index (κ2) is 7.27. The van der Waals surface area contributed by atoms with E-state index in [4.69, 9.17) is 24.7 Å². The number of nitriles is 1. The number of fused-ring (bicyclic) bond motifs is 1. The van der Waals surface area contributed by atoms with E-state index in [2.05, 4.69) is 32.2 Å². The first-order valence-electron chi connectivity index (χ1n) is 7.60. The predicted octanol–water partition coefficient (Wildman–Crippen LogP) is 2.55. The quantitative estimate of drug-likeness (QED) is 0.763. The van der Waals surface area contributed by atoms with Crippen LogP contribution in [0.4, 0.5) is 0 Å². The molecule has 1 aromatic heterocycles. The Balaban J connectivity index is 2.26. The van der Waals surface area contributed by atoms with Crippen LogP contribution in [0.1, 0.15) is 22.7 Å². The van der Waals surface area contributed by atoms with Crippen LogP contribution in [0.2, 0.25) is 0 Å². The molecule has 3 N–H and O–H groups in total. The highest BCUT2D eigenvalue weighted by Gasteiger charge is 2.36. The Bertz CT molecular complexity index is 916. The zero-order valence-electron chi connectivity index (χ0n) is 14.4. The third-order valence-electron chi connectivity index (χ3n) is 4.12. The number of H-pyrrole nitrogens is 1. The maximum Gasteiger partial charge on any atom is 0.244 e. The van der Waals surface area contributed by atoms with Crippen molar-refractivity contribution in [1.82, 2.24) is 10.2 Å². The molecule has 8 nitrogen and oxygen atoms in total. The van der Waals surface area contributed by atoms with Gasteiger partial charge in [0.1, 0.15) is 11.6 Å². The van der Waals surface area contributed by atoms with E-state index in [9.17, 15) is 5.26 Å². The number of rotatable bonds is 5. The number of hydrogen-bond donors (Lipinski definition) is 2. The van der Waals surface area contributed by atoms with E-state index in [1.165, 1.54) is 0 Å². The van der Waals surface area contributed by atoms with E-state index < -0.39 is 5.92 Å². The number of allylic oxidation sites excluding steroid dienone is 1. The zero-order chi connectivity index (χ0) is 18.8. The Morgan fingerprint density at radius 2 is 2.00 bits per heavy atom. The summed E-state index contributed by atoms with van der Waals surface area (Å²) in [6.45, 7) is 0.283. The Morgan fingerprint density at radius 3 is 2.62 bits per heavy atom. The third kappa shape index (κ3) is 2.87. The highest BCUT2D eigenvalue weighted by atomic mass is 79.9. The number of hydrogen-bond acceptors (Lipinski definition) is 7. The Hall–Kier alpha value is -2.70.